The summed E-state index contributed by atoms with van der Waals surface area (Å²) in [5, 5.41) is 5.06. The van der Waals surface area contributed by atoms with Gasteiger partial charge in [0.2, 0.25) is 5.91 Å². The number of rotatable bonds is 7. The number of carbonyl (C=O) groups excluding carboxylic acids is 2. The Bertz CT molecular complexity index is 767. The van der Waals surface area contributed by atoms with Crippen molar-refractivity contribution < 1.29 is 23.1 Å². The molecule has 2 amide bonds. The topological polar surface area (TPSA) is 67.4 Å². The molecule has 0 fully saturated rings. The van der Waals surface area contributed by atoms with Crippen LogP contribution in [0.1, 0.15) is 13.8 Å². The lowest BCUT2D eigenvalue weighted by atomic mass is 10.0. The van der Waals surface area contributed by atoms with E-state index in [0.29, 0.717) is 5.75 Å². The molecule has 0 saturated carbocycles. The number of hydrogen-bond acceptors (Lipinski definition) is 3. The number of amides is 2. The minimum atomic E-state index is -1.07. The van der Waals surface area contributed by atoms with E-state index < -0.39 is 29.5 Å². The molecule has 0 aliphatic carbocycles. The zero-order valence-electron chi connectivity index (χ0n) is 14.5. The predicted molar refractivity (Wildman–Crippen MR) is 93.7 cm³/mol. The zero-order valence-corrected chi connectivity index (χ0v) is 14.5. The Morgan fingerprint density at radius 2 is 1.73 bits per heavy atom. The molecule has 2 rings (SSSR count). The van der Waals surface area contributed by atoms with E-state index in [-0.39, 0.29) is 18.2 Å². The van der Waals surface area contributed by atoms with Gasteiger partial charge in [0.25, 0.3) is 5.91 Å². The first-order valence-corrected chi connectivity index (χ1v) is 8.10. The monoisotopic (exact) mass is 362 g/mol. The zero-order chi connectivity index (χ0) is 19.1. The van der Waals surface area contributed by atoms with Crippen LogP contribution in [0.2, 0.25) is 0 Å². The van der Waals surface area contributed by atoms with Gasteiger partial charge in [-0.25, -0.2) is 8.78 Å². The van der Waals surface area contributed by atoms with Crippen LogP contribution in [0.5, 0.6) is 5.75 Å². The summed E-state index contributed by atoms with van der Waals surface area (Å²) in [6.45, 7) is 3.27. The SMILES string of the molecule is CC(C)[C@@H](NC(=O)COc1ccccc1)C(=O)Nc1ccc(F)c(F)c1. The number of anilines is 1. The predicted octanol–water partition coefficient (Wildman–Crippen LogP) is 3.12. The second-order valence-electron chi connectivity index (χ2n) is 6.01. The minimum Gasteiger partial charge on any atom is -0.484 e. The van der Waals surface area contributed by atoms with Crippen LogP contribution in [0.25, 0.3) is 0 Å². The van der Waals surface area contributed by atoms with Crippen molar-refractivity contribution in [2.45, 2.75) is 19.9 Å². The first-order chi connectivity index (χ1) is 12.4. The molecule has 0 bridgehead atoms. The Hall–Kier alpha value is -2.96. The molecule has 26 heavy (non-hydrogen) atoms. The molecule has 2 aromatic carbocycles. The van der Waals surface area contributed by atoms with Crippen LogP contribution in [0.4, 0.5) is 14.5 Å². The largest absolute Gasteiger partial charge is 0.484 e. The Morgan fingerprint density at radius 3 is 2.35 bits per heavy atom. The third-order valence-corrected chi connectivity index (χ3v) is 3.57. The maximum Gasteiger partial charge on any atom is 0.258 e. The number of nitrogens with one attached hydrogen (secondary N) is 2. The standard InChI is InChI=1S/C19H20F2N2O3/c1-12(2)18(19(25)22-13-8-9-15(20)16(21)10-13)23-17(24)11-26-14-6-4-3-5-7-14/h3-10,12,18H,11H2,1-2H3,(H,22,25)(H,23,24)/t18-/m1/s1. The van der Waals surface area contributed by atoms with Gasteiger partial charge in [0.15, 0.2) is 18.2 Å². The van der Waals surface area contributed by atoms with Crippen LogP contribution < -0.4 is 15.4 Å². The van der Waals surface area contributed by atoms with Gasteiger partial charge in [0, 0.05) is 11.8 Å². The number of ether oxygens (including phenoxy) is 1. The lowest BCUT2D eigenvalue weighted by Gasteiger charge is -2.22. The fraction of sp³-hybridized carbons (Fsp3) is 0.263. The molecule has 2 aromatic rings. The third kappa shape index (κ3) is 5.54. The van der Waals surface area contributed by atoms with Crippen LogP contribution in [0.15, 0.2) is 48.5 Å². The lowest BCUT2D eigenvalue weighted by molar-refractivity contribution is -0.128. The Kier molecular flexibility index (Phi) is 6.66. The second kappa shape index (κ2) is 8.94. The van der Waals surface area contributed by atoms with E-state index in [1.165, 1.54) is 6.07 Å². The highest BCUT2D eigenvalue weighted by molar-refractivity contribution is 5.97. The van der Waals surface area contributed by atoms with Crippen LogP contribution in [-0.2, 0) is 9.59 Å². The fourth-order valence-corrected chi connectivity index (χ4v) is 2.21. The summed E-state index contributed by atoms with van der Waals surface area (Å²) in [7, 11) is 0. The van der Waals surface area contributed by atoms with Crippen molar-refractivity contribution in [1.29, 1.82) is 0 Å². The van der Waals surface area contributed by atoms with Gasteiger partial charge in [0.05, 0.1) is 0 Å². The van der Waals surface area contributed by atoms with E-state index in [1.807, 2.05) is 6.07 Å². The smallest absolute Gasteiger partial charge is 0.258 e. The van der Waals surface area contributed by atoms with E-state index in [1.54, 1.807) is 38.1 Å². The highest BCUT2D eigenvalue weighted by Crippen LogP contribution is 2.14. The summed E-state index contributed by atoms with van der Waals surface area (Å²) in [6.07, 6.45) is 0. The average molecular weight is 362 g/mol. The lowest BCUT2D eigenvalue weighted by Crippen LogP contribution is -2.48. The molecular weight excluding hydrogens is 342 g/mol. The number of halogens is 2. The van der Waals surface area contributed by atoms with Gasteiger partial charge in [-0.05, 0) is 30.2 Å². The summed E-state index contributed by atoms with van der Waals surface area (Å²) in [4.78, 5) is 24.4. The van der Waals surface area contributed by atoms with E-state index in [4.69, 9.17) is 4.74 Å². The van der Waals surface area contributed by atoms with Gasteiger partial charge in [-0.2, -0.15) is 0 Å². The summed E-state index contributed by atoms with van der Waals surface area (Å²) in [6, 6.07) is 11.0. The molecule has 1 atom stereocenters. The van der Waals surface area contributed by atoms with Crippen LogP contribution in [0, 0.1) is 17.6 Å². The second-order valence-corrected chi connectivity index (χ2v) is 6.01. The highest BCUT2D eigenvalue weighted by Gasteiger charge is 2.24. The molecule has 5 nitrogen and oxygen atoms in total. The molecule has 0 spiro atoms. The Labute approximate surface area is 150 Å². The fourth-order valence-electron chi connectivity index (χ4n) is 2.21. The quantitative estimate of drug-likeness (QED) is 0.795. The first kappa shape index (κ1) is 19.4. The summed E-state index contributed by atoms with van der Waals surface area (Å²) < 4.78 is 31.5. The van der Waals surface area contributed by atoms with Crippen LogP contribution >= 0.6 is 0 Å². The molecule has 0 radical (unpaired) electrons. The molecular formula is C19H20F2N2O3. The number of benzene rings is 2. The van der Waals surface area contributed by atoms with Crippen molar-refractivity contribution >= 4 is 17.5 Å². The van der Waals surface area contributed by atoms with E-state index in [9.17, 15) is 18.4 Å². The molecule has 2 N–H and O–H groups in total. The third-order valence-electron chi connectivity index (χ3n) is 3.57. The highest BCUT2D eigenvalue weighted by atomic mass is 19.2. The van der Waals surface area contributed by atoms with Crippen molar-refractivity contribution in [2.24, 2.45) is 5.92 Å². The minimum absolute atomic E-state index is 0.106. The summed E-state index contributed by atoms with van der Waals surface area (Å²) in [5.74, 6) is -2.75. The maximum atomic E-state index is 13.2. The molecule has 7 heteroatoms. The normalized spacial score (nSPS) is 11.7. The molecule has 0 saturated heterocycles. The average Bonchev–Trinajstić information content (AvgIpc) is 2.61. The van der Waals surface area contributed by atoms with Gasteiger partial charge < -0.3 is 15.4 Å². The molecule has 0 aliphatic rings. The molecule has 138 valence electrons. The van der Waals surface area contributed by atoms with Gasteiger partial charge in [-0.15, -0.1) is 0 Å². The van der Waals surface area contributed by atoms with Gasteiger partial charge in [-0.1, -0.05) is 32.0 Å². The number of carbonyl (C=O) groups is 2. The van der Waals surface area contributed by atoms with Crippen molar-refractivity contribution in [3.8, 4) is 5.75 Å². The Balaban J connectivity index is 1.95. The van der Waals surface area contributed by atoms with E-state index in [2.05, 4.69) is 10.6 Å². The molecule has 0 aromatic heterocycles. The van der Waals surface area contributed by atoms with Crippen molar-refractivity contribution in [3.05, 3.63) is 60.2 Å². The van der Waals surface area contributed by atoms with Crippen molar-refractivity contribution in [1.82, 2.24) is 5.32 Å². The van der Waals surface area contributed by atoms with Crippen LogP contribution in [-0.4, -0.2) is 24.5 Å². The Morgan fingerprint density at radius 1 is 1.04 bits per heavy atom. The van der Waals surface area contributed by atoms with E-state index in [0.717, 1.165) is 12.1 Å². The van der Waals surface area contributed by atoms with Gasteiger partial charge in [-0.3, -0.25) is 9.59 Å². The molecule has 0 aliphatic heterocycles. The van der Waals surface area contributed by atoms with Gasteiger partial charge in [0.1, 0.15) is 11.8 Å². The van der Waals surface area contributed by atoms with E-state index >= 15 is 0 Å². The maximum absolute atomic E-state index is 13.2. The van der Waals surface area contributed by atoms with Crippen molar-refractivity contribution in [2.75, 3.05) is 11.9 Å². The molecule has 0 unspecified atom stereocenters. The number of hydrogen-bond donors (Lipinski definition) is 2. The van der Waals surface area contributed by atoms with Gasteiger partial charge >= 0.3 is 0 Å². The van der Waals surface area contributed by atoms with Crippen molar-refractivity contribution in [3.63, 3.8) is 0 Å². The summed E-state index contributed by atoms with van der Waals surface area (Å²) in [5.41, 5.74) is 0.106. The first-order valence-electron chi connectivity index (χ1n) is 8.10. The number of para-hydroxylation sites is 1. The molecule has 0 heterocycles. The van der Waals surface area contributed by atoms with Crippen LogP contribution in [0.3, 0.4) is 0 Å². The summed E-state index contributed by atoms with van der Waals surface area (Å²) >= 11 is 0.